The lowest BCUT2D eigenvalue weighted by molar-refractivity contribution is -0.115. The normalized spacial score (nSPS) is 17.7. The molecule has 7 nitrogen and oxygen atoms in total. The fourth-order valence-corrected chi connectivity index (χ4v) is 4.43. The number of hydrogen-bond donors (Lipinski definition) is 2. The number of benzene rings is 1. The zero-order chi connectivity index (χ0) is 18.4. The van der Waals surface area contributed by atoms with Crippen molar-refractivity contribution in [2.75, 3.05) is 30.9 Å². The molecule has 1 aliphatic rings. The van der Waals surface area contributed by atoms with E-state index in [9.17, 15) is 4.79 Å². The number of para-hydroxylation sites is 2. The summed E-state index contributed by atoms with van der Waals surface area (Å²) < 4.78 is 11.6. The number of carbonyl (C=O) groups is 1. The molecule has 2 heterocycles. The molecule has 0 aliphatic carbocycles. The van der Waals surface area contributed by atoms with Crippen LogP contribution in [0, 0.1) is 0 Å². The van der Waals surface area contributed by atoms with Gasteiger partial charge in [-0.2, -0.15) is 0 Å². The van der Waals surface area contributed by atoms with Gasteiger partial charge in [0, 0.05) is 13.2 Å². The number of nitrogens with one attached hydrogen (secondary N) is 2. The van der Waals surface area contributed by atoms with Gasteiger partial charge in [-0.05, 0) is 31.9 Å². The van der Waals surface area contributed by atoms with Crippen molar-refractivity contribution in [3.8, 4) is 5.75 Å². The smallest absolute Gasteiger partial charge is 0.237 e. The molecule has 1 fully saturated rings. The van der Waals surface area contributed by atoms with Crippen LogP contribution >= 0.6 is 23.1 Å². The molecule has 1 aromatic heterocycles. The maximum atomic E-state index is 12.4. The zero-order valence-corrected chi connectivity index (χ0v) is 16.4. The molecule has 0 bridgehead atoms. The fraction of sp³-hybridized carbons (Fsp3) is 0.471. The van der Waals surface area contributed by atoms with Crippen molar-refractivity contribution in [2.24, 2.45) is 0 Å². The average Bonchev–Trinajstić information content (AvgIpc) is 3.32. The molecule has 0 unspecified atom stereocenters. The lowest BCUT2D eigenvalue weighted by Crippen LogP contribution is -2.22. The van der Waals surface area contributed by atoms with Gasteiger partial charge in [0.2, 0.25) is 11.0 Å². The highest BCUT2D eigenvalue weighted by Crippen LogP contribution is 2.30. The van der Waals surface area contributed by atoms with Crippen molar-refractivity contribution in [3.05, 3.63) is 24.3 Å². The number of hydrogen-bond acceptors (Lipinski definition) is 8. The molecule has 1 amide bonds. The summed E-state index contributed by atoms with van der Waals surface area (Å²) in [5, 5.41) is 14.9. The van der Waals surface area contributed by atoms with E-state index in [2.05, 4.69) is 20.8 Å². The highest BCUT2D eigenvalue weighted by molar-refractivity contribution is 8.02. The molecular formula is C17H22N4O3S2. The summed E-state index contributed by atoms with van der Waals surface area (Å²) in [4.78, 5) is 12.4. The van der Waals surface area contributed by atoms with E-state index in [0.29, 0.717) is 11.4 Å². The summed E-state index contributed by atoms with van der Waals surface area (Å²) in [6.07, 6.45) is 2.44. The Hall–Kier alpha value is -1.84. The molecule has 2 atom stereocenters. The van der Waals surface area contributed by atoms with E-state index in [-0.39, 0.29) is 17.3 Å². The number of anilines is 2. The molecule has 0 saturated carbocycles. The van der Waals surface area contributed by atoms with Crippen molar-refractivity contribution < 1.29 is 14.3 Å². The minimum atomic E-state index is -0.307. The van der Waals surface area contributed by atoms with E-state index in [0.717, 1.165) is 35.5 Å². The van der Waals surface area contributed by atoms with Crippen LogP contribution in [0.3, 0.4) is 0 Å². The number of ether oxygens (including phenoxy) is 2. The highest BCUT2D eigenvalue weighted by atomic mass is 32.2. The number of carbonyl (C=O) groups excluding carboxylic acids is 1. The summed E-state index contributed by atoms with van der Waals surface area (Å²) in [5.41, 5.74) is 0.656. The van der Waals surface area contributed by atoms with E-state index in [4.69, 9.17) is 9.47 Å². The average molecular weight is 395 g/mol. The highest BCUT2D eigenvalue weighted by Gasteiger charge is 2.19. The van der Waals surface area contributed by atoms with Crippen LogP contribution in [-0.2, 0) is 9.53 Å². The lowest BCUT2D eigenvalue weighted by atomic mass is 10.2. The molecule has 2 N–H and O–H groups in total. The molecule has 26 heavy (non-hydrogen) atoms. The van der Waals surface area contributed by atoms with Crippen LogP contribution in [0.15, 0.2) is 28.6 Å². The molecule has 1 aromatic carbocycles. The first-order valence-corrected chi connectivity index (χ1v) is 10.1. The Morgan fingerprint density at radius 2 is 2.31 bits per heavy atom. The summed E-state index contributed by atoms with van der Waals surface area (Å²) in [6, 6.07) is 7.34. The maximum Gasteiger partial charge on any atom is 0.237 e. The van der Waals surface area contributed by atoms with Crippen LogP contribution in [0.1, 0.15) is 19.8 Å². The standard InChI is InChI=1S/C17H22N4O3S2/c1-11(15(22)19-13-7-3-4-8-14(13)23-2)25-17-21-20-16(26-17)18-10-12-6-5-9-24-12/h3-4,7-8,11-12H,5-6,9-10H2,1-2H3,(H,18,20)(H,19,22)/t11-,12+/m0/s1. The summed E-state index contributed by atoms with van der Waals surface area (Å²) in [7, 11) is 1.58. The minimum Gasteiger partial charge on any atom is -0.495 e. The second-order valence-electron chi connectivity index (χ2n) is 5.84. The Kier molecular flexibility index (Phi) is 6.70. The number of thioether (sulfide) groups is 1. The molecule has 3 rings (SSSR count). The molecule has 1 saturated heterocycles. The first-order chi connectivity index (χ1) is 12.7. The summed E-state index contributed by atoms with van der Waals surface area (Å²) >= 11 is 2.83. The van der Waals surface area contributed by atoms with Crippen molar-refractivity contribution in [1.29, 1.82) is 0 Å². The van der Waals surface area contributed by atoms with Gasteiger partial charge < -0.3 is 20.1 Å². The van der Waals surface area contributed by atoms with Crippen LogP contribution < -0.4 is 15.4 Å². The third-order valence-electron chi connectivity index (χ3n) is 3.92. The van der Waals surface area contributed by atoms with Crippen LogP contribution in [-0.4, -0.2) is 47.7 Å². The number of nitrogens with zero attached hydrogens (tertiary/aromatic N) is 2. The van der Waals surface area contributed by atoms with Gasteiger partial charge in [-0.1, -0.05) is 35.2 Å². The second kappa shape index (κ2) is 9.20. The van der Waals surface area contributed by atoms with E-state index < -0.39 is 0 Å². The van der Waals surface area contributed by atoms with Gasteiger partial charge >= 0.3 is 0 Å². The van der Waals surface area contributed by atoms with E-state index in [1.807, 2.05) is 31.2 Å². The topological polar surface area (TPSA) is 85.4 Å². The number of methoxy groups -OCH3 is 1. The van der Waals surface area contributed by atoms with Gasteiger partial charge in [-0.15, -0.1) is 10.2 Å². The molecular weight excluding hydrogens is 372 g/mol. The van der Waals surface area contributed by atoms with Gasteiger partial charge in [-0.25, -0.2) is 0 Å². The SMILES string of the molecule is COc1ccccc1NC(=O)[C@H](C)Sc1nnc(NC[C@H]2CCCO2)s1. The van der Waals surface area contributed by atoms with Gasteiger partial charge in [0.15, 0.2) is 4.34 Å². The van der Waals surface area contributed by atoms with Gasteiger partial charge in [0.1, 0.15) is 5.75 Å². The Morgan fingerprint density at radius 3 is 3.08 bits per heavy atom. The Balaban J connectivity index is 1.50. The first-order valence-electron chi connectivity index (χ1n) is 8.45. The fourth-order valence-electron chi connectivity index (χ4n) is 2.52. The molecule has 9 heteroatoms. The quantitative estimate of drug-likeness (QED) is 0.665. The third kappa shape index (κ3) is 5.09. The van der Waals surface area contributed by atoms with E-state index >= 15 is 0 Å². The molecule has 1 aliphatic heterocycles. The van der Waals surface area contributed by atoms with Crippen molar-refractivity contribution in [2.45, 2.75) is 35.5 Å². The van der Waals surface area contributed by atoms with Crippen molar-refractivity contribution in [3.63, 3.8) is 0 Å². The monoisotopic (exact) mass is 394 g/mol. The molecule has 0 radical (unpaired) electrons. The summed E-state index contributed by atoms with van der Waals surface area (Å²) in [6.45, 7) is 3.42. The Bertz CT molecular complexity index is 734. The van der Waals surface area contributed by atoms with Crippen LogP contribution in [0.25, 0.3) is 0 Å². The number of aromatic nitrogens is 2. The van der Waals surface area contributed by atoms with E-state index in [1.54, 1.807) is 7.11 Å². The minimum absolute atomic E-state index is 0.108. The predicted octanol–water partition coefficient (Wildman–Crippen LogP) is 3.26. The molecule has 0 spiro atoms. The summed E-state index contributed by atoms with van der Waals surface area (Å²) in [5.74, 6) is 0.526. The predicted molar refractivity (Wildman–Crippen MR) is 104 cm³/mol. The lowest BCUT2D eigenvalue weighted by Gasteiger charge is -2.12. The van der Waals surface area contributed by atoms with Gasteiger partial charge in [-0.3, -0.25) is 4.79 Å². The van der Waals surface area contributed by atoms with Gasteiger partial charge in [0.05, 0.1) is 24.2 Å². The number of amides is 1. The van der Waals surface area contributed by atoms with Crippen LogP contribution in [0.5, 0.6) is 5.75 Å². The first kappa shape index (κ1) is 18.9. The molecule has 140 valence electrons. The van der Waals surface area contributed by atoms with Crippen molar-refractivity contribution in [1.82, 2.24) is 10.2 Å². The van der Waals surface area contributed by atoms with Crippen LogP contribution in [0.4, 0.5) is 10.8 Å². The van der Waals surface area contributed by atoms with Crippen molar-refractivity contribution >= 4 is 39.8 Å². The van der Waals surface area contributed by atoms with Gasteiger partial charge in [0.25, 0.3) is 0 Å². The Labute approximate surface area is 160 Å². The van der Waals surface area contributed by atoms with Crippen LogP contribution in [0.2, 0.25) is 0 Å². The largest absolute Gasteiger partial charge is 0.495 e. The Morgan fingerprint density at radius 1 is 1.46 bits per heavy atom. The van der Waals surface area contributed by atoms with E-state index in [1.165, 1.54) is 23.1 Å². The number of rotatable bonds is 8. The third-order valence-corrected chi connectivity index (χ3v) is 5.99. The zero-order valence-electron chi connectivity index (χ0n) is 14.7. The molecule has 2 aromatic rings. The second-order valence-corrected chi connectivity index (χ2v) is 8.40. The maximum absolute atomic E-state index is 12.4.